The van der Waals surface area contributed by atoms with Gasteiger partial charge in [-0.05, 0) is 42.4 Å². The van der Waals surface area contributed by atoms with Crippen LogP contribution in [0.2, 0.25) is 0 Å². The van der Waals surface area contributed by atoms with Gasteiger partial charge in [0.15, 0.2) is 16.6 Å². The third-order valence-electron chi connectivity index (χ3n) is 4.61. The summed E-state index contributed by atoms with van der Waals surface area (Å²) in [6.07, 6.45) is 6.50. The van der Waals surface area contributed by atoms with Gasteiger partial charge in [0, 0.05) is 29.7 Å². The summed E-state index contributed by atoms with van der Waals surface area (Å²) < 4.78 is 13.6. The summed E-state index contributed by atoms with van der Waals surface area (Å²) in [5.41, 5.74) is 6.04. The smallest absolute Gasteiger partial charge is 0.186 e. The summed E-state index contributed by atoms with van der Waals surface area (Å²) in [7, 11) is 3.40. The van der Waals surface area contributed by atoms with E-state index in [9.17, 15) is 0 Å². The van der Waals surface area contributed by atoms with Crippen LogP contribution in [0, 0.1) is 0 Å². The molecule has 2 N–H and O–H groups in total. The third kappa shape index (κ3) is 5.18. The Morgan fingerprint density at radius 2 is 2.07 bits per heavy atom. The van der Waals surface area contributed by atoms with E-state index < -0.39 is 0 Å². The van der Waals surface area contributed by atoms with Gasteiger partial charge in [-0.3, -0.25) is 5.43 Å². The van der Waals surface area contributed by atoms with E-state index >= 15 is 0 Å². The number of para-hydroxylation sites is 1. The predicted molar refractivity (Wildman–Crippen MR) is 127 cm³/mol. The molecule has 0 amide bonds. The van der Waals surface area contributed by atoms with Crippen LogP contribution in [0.5, 0.6) is 11.5 Å². The highest BCUT2D eigenvalue weighted by atomic mass is 32.1. The number of nitrogens with zero attached hydrogens (tertiary/aromatic N) is 2. The highest BCUT2D eigenvalue weighted by molar-refractivity contribution is 7.80. The zero-order chi connectivity index (χ0) is 21.3. The molecular weight excluding hydrogens is 396 g/mol. The number of ether oxygens (including phenoxy) is 2. The summed E-state index contributed by atoms with van der Waals surface area (Å²) in [5, 5.41) is 8.61. The van der Waals surface area contributed by atoms with Crippen LogP contribution in [-0.4, -0.2) is 36.7 Å². The first kappa shape index (κ1) is 21.4. The van der Waals surface area contributed by atoms with Crippen molar-refractivity contribution in [3.8, 4) is 11.5 Å². The summed E-state index contributed by atoms with van der Waals surface area (Å²) >= 11 is 5.05. The molecule has 3 rings (SSSR count). The van der Waals surface area contributed by atoms with Crippen molar-refractivity contribution in [2.24, 2.45) is 5.10 Å². The Bertz CT molecular complexity index is 1060. The van der Waals surface area contributed by atoms with Crippen LogP contribution in [0.4, 0.5) is 0 Å². The minimum Gasteiger partial charge on any atom is -0.493 e. The molecule has 1 heterocycles. The lowest BCUT2D eigenvalue weighted by atomic mass is 10.1. The number of aromatic nitrogens is 1. The molecule has 0 bridgehead atoms. The molecule has 0 spiro atoms. The van der Waals surface area contributed by atoms with Gasteiger partial charge in [-0.1, -0.05) is 30.3 Å². The van der Waals surface area contributed by atoms with Gasteiger partial charge in [0.05, 0.1) is 19.9 Å². The Balaban J connectivity index is 1.72. The second-order valence-corrected chi connectivity index (χ2v) is 6.98. The Morgan fingerprint density at radius 1 is 1.23 bits per heavy atom. The van der Waals surface area contributed by atoms with Crippen LogP contribution >= 0.6 is 12.2 Å². The molecule has 1 aromatic heterocycles. The van der Waals surface area contributed by atoms with Gasteiger partial charge in [-0.2, -0.15) is 5.10 Å². The Morgan fingerprint density at radius 3 is 2.83 bits per heavy atom. The SMILES string of the molecule is C=CCc1ccc(OCCn2cc(C=NNC(=S)NC)c3ccccc32)c(OC)c1. The van der Waals surface area contributed by atoms with Gasteiger partial charge in [0.2, 0.25) is 0 Å². The molecule has 7 heteroatoms. The van der Waals surface area contributed by atoms with Crippen molar-refractivity contribution in [1.82, 2.24) is 15.3 Å². The van der Waals surface area contributed by atoms with E-state index in [2.05, 4.69) is 45.3 Å². The van der Waals surface area contributed by atoms with Crippen molar-refractivity contribution in [2.45, 2.75) is 13.0 Å². The van der Waals surface area contributed by atoms with Crippen LogP contribution in [0.1, 0.15) is 11.1 Å². The normalized spacial score (nSPS) is 10.9. The van der Waals surface area contributed by atoms with Gasteiger partial charge in [-0.15, -0.1) is 6.58 Å². The first-order valence-corrected chi connectivity index (χ1v) is 10.1. The number of benzene rings is 2. The lowest BCUT2D eigenvalue weighted by molar-refractivity contribution is 0.281. The number of hydrazone groups is 1. The topological polar surface area (TPSA) is 59.8 Å². The number of fused-ring (bicyclic) bond motifs is 1. The van der Waals surface area contributed by atoms with Gasteiger partial charge in [-0.25, -0.2) is 0 Å². The Labute approximate surface area is 182 Å². The minimum absolute atomic E-state index is 0.469. The molecule has 0 saturated heterocycles. The lowest BCUT2D eigenvalue weighted by Gasteiger charge is -2.12. The molecule has 0 aliphatic heterocycles. The number of thiocarbonyl (C=S) groups is 1. The number of allylic oxidation sites excluding steroid dienone is 1. The van der Waals surface area contributed by atoms with E-state index in [0.717, 1.165) is 39.9 Å². The average molecular weight is 423 g/mol. The standard InChI is InChI=1S/C23H26N4O2S/c1-4-7-17-10-11-21(22(14-17)28-3)29-13-12-27-16-18(15-25-26-23(30)24-2)19-8-5-6-9-20(19)27/h4-6,8-11,14-16H,1,7,12-13H2,2-3H3,(H2,24,26,30). The molecule has 0 radical (unpaired) electrons. The molecule has 0 fully saturated rings. The number of hydrogen-bond donors (Lipinski definition) is 2. The van der Waals surface area contributed by atoms with Crippen molar-refractivity contribution in [3.05, 3.63) is 72.4 Å². The average Bonchev–Trinajstić information content (AvgIpc) is 3.12. The molecule has 6 nitrogen and oxygen atoms in total. The minimum atomic E-state index is 0.469. The first-order valence-electron chi connectivity index (χ1n) is 9.65. The summed E-state index contributed by atoms with van der Waals surface area (Å²) in [5.74, 6) is 1.46. The second-order valence-electron chi connectivity index (χ2n) is 6.57. The maximum absolute atomic E-state index is 6.01. The maximum atomic E-state index is 6.01. The molecular formula is C23H26N4O2S. The molecule has 156 valence electrons. The molecule has 0 saturated carbocycles. The lowest BCUT2D eigenvalue weighted by Crippen LogP contribution is -2.28. The Kier molecular flexibility index (Phi) is 7.45. The van der Waals surface area contributed by atoms with E-state index in [1.807, 2.05) is 36.4 Å². The zero-order valence-corrected chi connectivity index (χ0v) is 18.0. The van der Waals surface area contributed by atoms with Gasteiger partial charge >= 0.3 is 0 Å². The highest BCUT2D eigenvalue weighted by Crippen LogP contribution is 2.28. The van der Waals surface area contributed by atoms with Gasteiger partial charge < -0.3 is 19.4 Å². The summed E-state index contributed by atoms with van der Waals surface area (Å²) in [4.78, 5) is 0. The molecule has 0 atom stereocenters. The molecule has 0 unspecified atom stereocenters. The highest BCUT2D eigenvalue weighted by Gasteiger charge is 2.09. The van der Waals surface area contributed by atoms with Crippen molar-refractivity contribution >= 4 is 34.4 Å². The summed E-state index contributed by atoms with van der Waals surface area (Å²) in [6.45, 7) is 4.98. The van der Waals surface area contributed by atoms with E-state index in [0.29, 0.717) is 18.3 Å². The zero-order valence-electron chi connectivity index (χ0n) is 17.2. The van der Waals surface area contributed by atoms with Crippen LogP contribution in [0.15, 0.2) is 66.4 Å². The van der Waals surface area contributed by atoms with Crippen LogP contribution in [0.3, 0.4) is 0 Å². The number of nitrogens with one attached hydrogen (secondary N) is 2. The van der Waals surface area contributed by atoms with Gasteiger partial charge in [0.1, 0.15) is 6.61 Å². The van der Waals surface area contributed by atoms with E-state index in [4.69, 9.17) is 21.7 Å². The van der Waals surface area contributed by atoms with Crippen molar-refractivity contribution in [1.29, 1.82) is 0 Å². The van der Waals surface area contributed by atoms with E-state index in [1.165, 1.54) is 0 Å². The molecule has 0 aliphatic rings. The Hall–Kier alpha value is -3.32. The van der Waals surface area contributed by atoms with E-state index in [-0.39, 0.29) is 0 Å². The fourth-order valence-corrected chi connectivity index (χ4v) is 3.21. The largest absolute Gasteiger partial charge is 0.493 e. The number of hydrogen-bond acceptors (Lipinski definition) is 4. The fourth-order valence-electron chi connectivity index (χ4n) is 3.16. The van der Waals surface area contributed by atoms with Crippen molar-refractivity contribution in [3.63, 3.8) is 0 Å². The van der Waals surface area contributed by atoms with Gasteiger partial charge in [0.25, 0.3) is 0 Å². The number of methoxy groups -OCH3 is 1. The predicted octanol–water partition coefficient (Wildman–Crippen LogP) is 3.89. The van der Waals surface area contributed by atoms with Crippen molar-refractivity contribution in [2.75, 3.05) is 20.8 Å². The quantitative estimate of drug-likeness (QED) is 0.237. The molecule has 3 aromatic rings. The third-order valence-corrected chi connectivity index (χ3v) is 4.91. The van der Waals surface area contributed by atoms with Crippen LogP contribution in [0.25, 0.3) is 10.9 Å². The fraction of sp³-hybridized carbons (Fsp3) is 0.217. The second kappa shape index (κ2) is 10.5. The van der Waals surface area contributed by atoms with Crippen LogP contribution in [-0.2, 0) is 13.0 Å². The molecule has 2 aromatic carbocycles. The molecule has 0 aliphatic carbocycles. The molecule has 30 heavy (non-hydrogen) atoms. The monoisotopic (exact) mass is 422 g/mol. The van der Waals surface area contributed by atoms with Crippen molar-refractivity contribution < 1.29 is 9.47 Å². The summed E-state index contributed by atoms with van der Waals surface area (Å²) in [6, 6.07) is 14.2. The maximum Gasteiger partial charge on any atom is 0.186 e. The first-order chi connectivity index (χ1) is 14.7. The van der Waals surface area contributed by atoms with E-state index in [1.54, 1.807) is 20.4 Å². The number of rotatable bonds is 9. The van der Waals surface area contributed by atoms with Crippen LogP contribution < -0.4 is 20.2 Å².